The van der Waals surface area contributed by atoms with Crippen molar-refractivity contribution in [2.24, 2.45) is 0 Å². The van der Waals surface area contributed by atoms with E-state index >= 15 is 0 Å². The Kier molecular flexibility index (Phi) is 6.54. The van der Waals surface area contributed by atoms with Crippen LogP contribution in [0.3, 0.4) is 0 Å². The van der Waals surface area contributed by atoms with Crippen LogP contribution >= 0.6 is 22.9 Å². The molecule has 0 radical (unpaired) electrons. The van der Waals surface area contributed by atoms with Crippen LogP contribution in [0.15, 0.2) is 36.4 Å². The zero-order valence-electron chi connectivity index (χ0n) is 17.4. The molecule has 1 aromatic heterocycles. The van der Waals surface area contributed by atoms with Crippen molar-refractivity contribution in [3.8, 4) is 10.6 Å². The molecule has 0 spiro atoms. The van der Waals surface area contributed by atoms with Crippen molar-refractivity contribution in [1.82, 2.24) is 20.0 Å². The van der Waals surface area contributed by atoms with Crippen LogP contribution in [0.25, 0.3) is 10.6 Å². The van der Waals surface area contributed by atoms with Crippen LogP contribution in [0.4, 0.5) is 27.0 Å². The molecule has 32 heavy (non-hydrogen) atoms. The smallest absolute Gasteiger partial charge is 0.321 e. The standard InChI is InChI=1S/C21H23ClN8OS/c1-29-8-10-30(11-9-29)21(31)25-14-4-2-13(3-5-14)19-27-28-20(32-19)26-17-7-6-16(24)15(12-23)18(17)22/h2-7,12,23H,8-11,24H2,1H3,(H,25,31)(H,26,28). The highest BCUT2D eigenvalue weighted by Crippen LogP contribution is 2.34. The molecule has 1 aliphatic heterocycles. The van der Waals surface area contributed by atoms with Crippen LogP contribution in [0.2, 0.25) is 5.02 Å². The SMILES string of the molecule is CN1CCN(C(=O)Nc2ccc(-c3nnc(Nc4ccc(N)c(C=N)c4Cl)s3)cc2)CC1. The van der Waals surface area contributed by atoms with E-state index in [2.05, 4.69) is 32.8 Å². The molecule has 2 amide bonds. The molecule has 2 heterocycles. The van der Waals surface area contributed by atoms with E-state index in [9.17, 15) is 4.79 Å². The van der Waals surface area contributed by atoms with Crippen LogP contribution in [-0.2, 0) is 0 Å². The Morgan fingerprint density at radius 1 is 1.16 bits per heavy atom. The maximum Gasteiger partial charge on any atom is 0.321 e. The Balaban J connectivity index is 1.41. The number of anilines is 4. The second-order valence-corrected chi connectivity index (χ2v) is 8.77. The summed E-state index contributed by atoms with van der Waals surface area (Å²) in [5, 5.41) is 23.6. The molecule has 5 N–H and O–H groups in total. The van der Waals surface area contributed by atoms with E-state index in [0.717, 1.165) is 48.7 Å². The Hall–Kier alpha value is -3.21. The number of rotatable bonds is 5. The van der Waals surface area contributed by atoms with Gasteiger partial charge < -0.3 is 31.6 Å². The predicted octanol–water partition coefficient (Wildman–Crippen LogP) is 3.96. The average Bonchev–Trinajstić information content (AvgIpc) is 3.26. The van der Waals surface area contributed by atoms with Gasteiger partial charge in [0.05, 0.1) is 10.7 Å². The Bertz CT molecular complexity index is 1130. The number of halogens is 1. The number of hydrogen-bond acceptors (Lipinski definition) is 8. The second-order valence-electron chi connectivity index (χ2n) is 7.41. The zero-order valence-corrected chi connectivity index (χ0v) is 19.0. The van der Waals surface area contributed by atoms with Gasteiger partial charge in [0, 0.05) is 54.9 Å². The molecule has 9 nitrogen and oxygen atoms in total. The van der Waals surface area contributed by atoms with Gasteiger partial charge in [0.25, 0.3) is 0 Å². The van der Waals surface area contributed by atoms with E-state index < -0.39 is 0 Å². The van der Waals surface area contributed by atoms with E-state index in [-0.39, 0.29) is 6.03 Å². The Morgan fingerprint density at radius 2 is 1.88 bits per heavy atom. The normalized spacial score (nSPS) is 14.2. The number of aromatic nitrogens is 2. The topological polar surface area (TPSA) is 123 Å². The van der Waals surface area contributed by atoms with Gasteiger partial charge >= 0.3 is 6.03 Å². The third-order valence-electron chi connectivity index (χ3n) is 5.20. The van der Waals surface area contributed by atoms with E-state index in [1.807, 2.05) is 29.2 Å². The van der Waals surface area contributed by atoms with Crippen molar-refractivity contribution in [3.05, 3.63) is 47.0 Å². The molecule has 1 fully saturated rings. The summed E-state index contributed by atoms with van der Waals surface area (Å²) in [5.74, 6) is 0. The summed E-state index contributed by atoms with van der Waals surface area (Å²) in [4.78, 5) is 16.5. The first-order chi connectivity index (χ1) is 15.4. The third kappa shape index (κ3) is 4.82. The lowest BCUT2D eigenvalue weighted by Crippen LogP contribution is -2.48. The van der Waals surface area contributed by atoms with Gasteiger partial charge in [0.1, 0.15) is 5.01 Å². The fourth-order valence-electron chi connectivity index (χ4n) is 3.26. The van der Waals surface area contributed by atoms with E-state index in [1.165, 1.54) is 11.3 Å². The summed E-state index contributed by atoms with van der Waals surface area (Å²) in [6, 6.07) is 10.8. The Morgan fingerprint density at radius 3 is 2.56 bits per heavy atom. The molecular formula is C21H23ClN8OS. The highest BCUT2D eigenvalue weighted by atomic mass is 35.5. The van der Waals surface area contributed by atoms with Crippen LogP contribution in [0, 0.1) is 5.41 Å². The summed E-state index contributed by atoms with van der Waals surface area (Å²) in [5.41, 5.74) is 8.95. The van der Waals surface area contributed by atoms with Crippen molar-refractivity contribution >= 4 is 57.4 Å². The lowest BCUT2D eigenvalue weighted by Gasteiger charge is -2.32. The van der Waals surface area contributed by atoms with Gasteiger partial charge in [0.15, 0.2) is 0 Å². The van der Waals surface area contributed by atoms with Crippen molar-refractivity contribution in [2.75, 3.05) is 49.6 Å². The van der Waals surface area contributed by atoms with Crippen molar-refractivity contribution in [2.45, 2.75) is 0 Å². The number of amides is 2. The lowest BCUT2D eigenvalue weighted by atomic mass is 10.1. The number of urea groups is 1. The monoisotopic (exact) mass is 470 g/mol. The number of nitrogens with two attached hydrogens (primary N) is 1. The number of carbonyl (C=O) groups excluding carboxylic acids is 1. The molecule has 2 aromatic carbocycles. The minimum Gasteiger partial charge on any atom is -0.398 e. The molecular weight excluding hydrogens is 448 g/mol. The maximum absolute atomic E-state index is 12.4. The average molecular weight is 471 g/mol. The second kappa shape index (κ2) is 9.51. The first kappa shape index (κ1) is 22.0. The van der Waals surface area contributed by atoms with Crippen molar-refractivity contribution < 1.29 is 4.79 Å². The summed E-state index contributed by atoms with van der Waals surface area (Å²) in [6.07, 6.45) is 1.12. The van der Waals surface area contributed by atoms with Crippen LogP contribution in [-0.4, -0.2) is 65.5 Å². The summed E-state index contributed by atoms with van der Waals surface area (Å²) < 4.78 is 0. The quantitative estimate of drug-likeness (QED) is 0.330. The maximum atomic E-state index is 12.4. The molecule has 0 aliphatic carbocycles. The molecule has 0 atom stereocenters. The number of piperazine rings is 1. The van der Waals surface area contributed by atoms with Gasteiger partial charge in [0.2, 0.25) is 5.13 Å². The highest BCUT2D eigenvalue weighted by Gasteiger charge is 2.19. The zero-order chi connectivity index (χ0) is 22.7. The molecule has 1 aliphatic rings. The largest absolute Gasteiger partial charge is 0.398 e. The number of nitrogens with one attached hydrogen (secondary N) is 3. The predicted molar refractivity (Wildman–Crippen MR) is 130 cm³/mol. The summed E-state index contributed by atoms with van der Waals surface area (Å²) in [6.45, 7) is 3.20. The number of carbonyl (C=O) groups is 1. The van der Waals surface area contributed by atoms with Gasteiger partial charge in [-0.25, -0.2) is 4.79 Å². The van der Waals surface area contributed by atoms with E-state index in [4.69, 9.17) is 22.7 Å². The summed E-state index contributed by atoms with van der Waals surface area (Å²) in [7, 11) is 2.06. The molecule has 11 heteroatoms. The molecule has 4 rings (SSSR count). The number of hydrogen-bond donors (Lipinski definition) is 4. The van der Waals surface area contributed by atoms with Crippen molar-refractivity contribution in [3.63, 3.8) is 0 Å². The van der Waals surface area contributed by atoms with Gasteiger partial charge in [-0.05, 0) is 43.4 Å². The first-order valence-electron chi connectivity index (χ1n) is 9.98. The van der Waals surface area contributed by atoms with Crippen LogP contribution < -0.4 is 16.4 Å². The van der Waals surface area contributed by atoms with Gasteiger partial charge in [-0.15, -0.1) is 10.2 Å². The van der Waals surface area contributed by atoms with Gasteiger partial charge in [-0.3, -0.25) is 0 Å². The fourth-order valence-corrected chi connectivity index (χ4v) is 4.30. The Labute approximate surface area is 194 Å². The fraction of sp³-hybridized carbons (Fsp3) is 0.238. The number of nitrogen functional groups attached to an aromatic ring is 1. The minimum absolute atomic E-state index is 0.0853. The number of likely N-dealkylation sites (N-methyl/N-ethyl adjacent to an activating group) is 1. The molecule has 166 valence electrons. The molecule has 1 saturated heterocycles. The van der Waals surface area contributed by atoms with E-state index in [1.54, 1.807) is 12.1 Å². The van der Waals surface area contributed by atoms with Crippen LogP contribution in [0.5, 0.6) is 0 Å². The highest BCUT2D eigenvalue weighted by molar-refractivity contribution is 7.18. The third-order valence-corrected chi connectivity index (χ3v) is 6.49. The van der Waals surface area contributed by atoms with Crippen LogP contribution in [0.1, 0.15) is 5.56 Å². The molecule has 0 bridgehead atoms. The van der Waals surface area contributed by atoms with Gasteiger partial charge in [-0.1, -0.05) is 22.9 Å². The van der Waals surface area contributed by atoms with E-state index in [0.29, 0.717) is 27.1 Å². The molecule has 0 saturated carbocycles. The van der Waals surface area contributed by atoms with Crippen molar-refractivity contribution in [1.29, 1.82) is 5.41 Å². The minimum atomic E-state index is -0.0853. The molecule has 0 unspecified atom stereocenters. The number of benzene rings is 2. The lowest BCUT2D eigenvalue weighted by molar-refractivity contribution is 0.164. The first-order valence-corrected chi connectivity index (χ1v) is 11.2. The summed E-state index contributed by atoms with van der Waals surface area (Å²) >= 11 is 7.70. The molecule has 3 aromatic rings. The number of nitrogens with zero attached hydrogens (tertiary/aromatic N) is 4. The van der Waals surface area contributed by atoms with Gasteiger partial charge in [-0.2, -0.15) is 0 Å².